The molecule has 0 aromatic heterocycles. The van der Waals surface area contributed by atoms with Gasteiger partial charge in [0.2, 0.25) is 0 Å². The van der Waals surface area contributed by atoms with E-state index in [-0.39, 0.29) is 4.90 Å². The summed E-state index contributed by atoms with van der Waals surface area (Å²) in [6.45, 7) is 4.23. The lowest BCUT2D eigenvalue weighted by Crippen LogP contribution is -2.12. The van der Waals surface area contributed by atoms with Crippen LogP contribution in [-0.2, 0) is 10.0 Å². The van der Waals surface area contributed by atoms with Gasteiger partial charge in [-0.25, -0.2) is 8.42 Å². The lowest BCUT2D eigenvalue weighted by Gasteiger charge is -2.10. The number of sulfonamides is 1. The maximum absolute atomic E-state index is 12.3. The van der Waals surface area contributed by atoms with Crippen molar-refractivity contribution in [2.24, 2.45) is 0 Å². The number of hydrogen-bond acceptors (Lipinski definition) is 4. The first-order valence-corrected chi connectivity index (χ1v) is 9.20. The SMILES string of the molecule is COc1ccc(S(=O)(=O)Nc2ccc(SC(C)C)cc2)cc1. The van der Waals surface area contributed by atoms with Crippen molar-refractivity contribution in [2.45, 2.75) is 28.9 Å². The standard InChI is InChI=1S/C16H19NO3S2/c1-12(2)21-15-8-4-13(5-9-15)17-22(18,19)16-10-6-14(20-3)7-11-16/h4-12,17H,1-3H3. The van der Waals surface area contributed by atoms with E-state index in [9.17, 15) is 8.42 Å². The third-order valence-electron chi connectivity index (χ3n) is 2.85. The molecule has 6 heteroatoms. The van der Waals surface area contributed by atoms with E-state index in [1.807, 2.05) is 12.1 Å². The molecule has 2 rings (SSSR count). The number of nitrogens with one attached hydrogen (secondary N) is 1. The third kappa shape index (κ3) is 4.42. The summed E-state index contributed by atoms with van der Waals surface area (Å²) >= 11 is 1.73. The number of thioether (sulfide) groups is 1. The van der Waals surface area contributed by atoms with Crippen molar-refractivity contribution in [1.82, 2.24) is 0 Å². The van der Waals surface area contributed by atoms with Gasteiger partial charge in [0.15, 0.2) is 0 Å². The minimum Gasteiger partial charge on any atom is -0.497 e. The van der Waals surface area contributed by atoms with Gasteiger partial charge in [-0.3, -0.25) is 4.72 Å². The van der Waals surface area contributed by atoms with Crippen LogP contribution in [0, 0.1) is 0 Å². The summed E-state index contributed by atoms with van der Waals surface area (Å²) < 4.78 is 32.2. The Hall–Kier alpha value is -1.66. The second kappa shape index (κ2) is 7.07. The van der Waals surface area contributed by atoms with E-state index >= 15 is 0 Å². The number of hydrogen-bond donors (Lipinski definition) is 1. The molecule has 22 heavy (non-hydrogen) atoms. The van der Waals surface area contributed by atoms with E-state index in [2.05, 4.69) is 18.6 Å². The molecule has 0 heterocycles. The Kier molecular flexibility index (Phi) is 5.37. The fraction of sp³-hybridized carbons (Fsp3) is 0.250. The molecule has 0 radical (unpaired) electrons. The lowest BCUT2D eigenvalue weighted by molar-refractivity contribution is 0.414. The van der Waals surface area contributed by atoms with E-state index in [1.54, 1.807) is 43.1 Å². The van der Waals surface area contributed by atoms with E-state index in [0.717, 1.165) is 4.90 Å². The van der Waals surface area contributed by atoms with Crippen LogP contribution in [-0.4, -0.2) is 20.8 Å². The van der Waals surface area contributed by atoms with Gasteiger partial charge >= 0.3 is 0 Å². The third-order valence-corrected chi connectivity index (χ3v) is 5.26. The predicted octanol–water partition coefficient (Wildman–Crippen LogP) is 4.00. The Bertz CT molecular complexity index is 708. The molecular weight excluding hydrogens is 318 g/mol. The molecule has 0 saturated heterocycles. The number of methoxy groups -OCH3 is 1. The Labute approximate surface area is 135 Å². The summed E-state index contributed by atoms with van der Waals surface area (Å²) in [5.41, 5.74) is 0.545. The van der Waals surface area contributed by atoms with Crippen molar-refractivity contribution in [1.29, 1.82) is 0 Å². The number of rotatable bonds is 6. The molecule has 0 unspecified atom stereocenters. The highest BCUT2D eigenvalue weighted by molar-refractivity contribution is 7.99. The van der Waals surface area contributed by atoms with Crippen molar-refractivity contribution < 1.29 is 13.2 Å². The Morgan fingerprint density at radius 1 is 1.00 bits per heavy atom. The molecule has 4 nitrogen and oxygen atoms in total. The zero-order chi connectivity index (χ0) is 16.2. The van der Waals surface area contributed by atoms with Crippen LogP contribution < -0.4 is 9.46 Å². The molecule has 0 aliphatic rings. The lowest BCUT2D eigenvalue weighted by atomic mass is 10.3. The minimum absolute atomic E-state index is 0.203. The van der Waals surface area contributed by atoms with Gasteiger partial charge in [-0.1, -0.05) is 13.8 Å². The summed E-state index contributed by atoms with van der Waals surface area (Å²) in [7, 11) is -2.05. The normalized spacial score (nSPS) is 11.5. The molecule has 0 bridgehead atoms. The van der Waals surface area contributed by atoms with Crippen LogP contribution in [0.5, 0.6) is 5.75 Å². The molecule has 0 spiro atoms. The van der Waals surface area contributed by atoms with E-state index in [1.165, 1.54) is 12.1 Å². The van der Waals surface area contributed by atoms with E-state index in [4.69, 9.17) is 4.74 Å². The first kappa shape index (κ1) is 16.7. The summed E-state index contributed by atoms with van der Waals surface area (Å²) in [4.78, 5) is 1.32. The maximum Gasteiger partial charge on any atom is 0.261 e. The molecule has 0 saturated carbocycles. The molecule has 118 valence electrons. The minimum atomic E-state index is -3.59. The van der Waals surface area contributed by atoms with Crippen molar-refractivity contribution in [2.75, 3.05) is 11.8 Å². The maximum atomic E-state index is 12.3. The summed E-state index contributed by atoms with van der Waals surface area (Å²) in [6, 6.07) is 13.6. The van der Waals surface area contributed by atoms with Crippen LogP contribution in [0.2, 0.25) is 0 Å². The van der Waals surface area contributed by atoms with Crippen LogP contribution in [0.25, 0.3) is 0 Å². The average Bonchev–Trinajstić information content (AvgIpc) is 2.48. The second-order valence-corrected chi connectivity index (χ2v) is 8.30. The second-order valence-electron chi connectivity index (χ2n) is 4.97. The average molecular weight is 337 g/mol. The largest absolute Gasteiger partial charge is 0.497 e. The van der Waals surface area contributed by atoms with Crippen LogP contribution in [0.3, 0.4) is 0 Å². The fourth-order valence-corrected chi connectivity index (χ4v) is 3.74. The fourth-order valence-electron chi connectivity index (χ4n) is 1.84. The molecule has 2 aromatic carbocycles. The Balaban J connectivity index is 2.13. The molecule has 1 N–H and O–H groups in total. The Morgan fingerprint density at radius 3 is 2.09 bits per heavy atom. The van der Waals surface area contributed by atoms with Crippen LogP contribution in [0.4, 0.5) is 5.69 Å². The smallest absolute Gasteiger partial charge is 0.261 e. The first-order chi connectivity index (χ1) is 10.4. The van der Waals surface area contributed by atoms with Crippen molar-refractivity contribution in [3.05, 3.63) is 48.5 Å². The molecule has 0 fully saturated rings. The first-order valence-electron chi connectivity index (χ1n) is 6.84. The summed E-state index contributed by atoms with van der Waals surface area (Å²) in [6.07, 6.45) is 0. The van der Waals surface area contributed by atoms with Gasteiger partial charge in [-0.15, -0.1) is 11.8 Å². The summed E-state index contributed by atoms with van der Waals surface area (Å²) in [5, 5.41) is 0.488. The highest BCUT2D eigenvalue weighted by Gasteiger charge is 2.14. The molecule has 0 aliphatic carbocycles. The van der Waals surface area contributed by atoms with Gasteiger partial charge in [0.1, 0.15) is 5.75 Å². The molecular formula is C16H19NO3S2. The zero-order valence-corrected chi connectivity index (χ0v) is 14.4. The monoisotopic (exact) mass is 337 g/mol. The molecule has 0 aliphatic heterocycles. The van der Waals surface area contributed by atoms with Gasteiger partial charge in [0, 0.05) is 15.8 Å². The van der Waals surface area contributed by atoms with Crippen LogP contribution >= 0.6 is 11.8 Å². The molecule has 0 atom stereocenters. The predicted molar refractivity (Wildman–Crippen MR) is 91.2 cm³/mol. The van der Waals surface area contributed by atoms with Gasteiger partial charge in [0.05, 0.1) is 12.0 Å². The van der Waals surface area contributed by atoms with Gasteiger partial charge in [0.25, 0.3) is 10.0 Å². The Morgan fingerprint density at radius 2 is 1.59 bits per heavy atom. The van der Waals surface area contributed by atoms with Crippen molar-refractivity contribution >= 4 is 27.5 Å². The van der Waals surface area contributed by atoms with Crippen LogP contribution in [0.1, 0.15) is 13.8 Å². The van der Waals surface area contributed by atoms with Crippen molar-refractivity contribution in [3.63, 3.8) is 0 Å². The van der Waals surface area contributed by atoms with Crippen LogP contribution in [0.15, 0.2) is 58.3 Å². The summed E-state index contributed by atoms with van der Waals surface area (Å²) in [5.74, 6) is 0.619. The quantitative estimate of drug-likeness (QED) is 0.810. The highest BCUT2D eigenvalue weighted by Crippen LogP contribution is 2.25. The number of benzene rings is 2. The zero-order valence-electron chi connectivity index (χ0n) is 12.7. The van der Waals surface area contributed by atoms with Gasteiger partial charge < -0.3 is 4.74 Å². The number of anilines is 1. The highest BCUT2D eigenvalue weighted by atomic mass is 32.2. The van der Waals surface area contributed by atoms with Gasteiger partial charge in [-0.05, 0) is 48.5 Å². The van der Waals surface area contributed by atoms with Gasteiger partial charge in [-0.2, -0.15) is 0 Å². The molecule has 2 aromatic rings. The topological polar surface area (TPSA) is 55.4 Å². The van der Waals surface area contributed by atoms with E-state index < -0.39 is 10.0 Å². The van der Waals surface area contributed by atoms with E-state index in [0.29, 0.717) is 16.7 Å². The number of ether oxygens (including phenoxy) is 1. The van der Waals surface area contributed by atoms with Crippen molar-refractivity contribution in [3.8, 4) is 5.75 Å². The molecule has 0 amide bonds.